The zero-order chi connectivity index (χ0) is 25.9. The van der Waals surface area contributed by atoms with Crippen LogP contribution in [-0.2, 0) is 23.0 Å². The number of aromatic carboxylic acids is 1. The Morgan fingerprint density at radius 1 is 1.20 bits per heavy atom. The van der Waals surface area contributed by atoms with Crippen LogP contribution in [0.4, 0.5) is 11.5 Å². The number of benzene rings is 1. The number of hydrogen-bond donors (Lipinski definition) is 2. The Morgan fingerprint density at radius 3 is 2.40 bits per heavy atom. The molecule has 3 rings (SSSR count). The Bertz CT molecular complexity index is 1310. The topological polar surface area (TPSA) is 117 Å². The van der Waals surface area contributed by atoms with Crippen molar-refractivity contribution in [2.45, 2.75) is 58.4 Å². The minimum Gasteiger partial charge on any atom is -0.478 e. The first kappa shape index (κ1) is 26.2. The van der Waals surface area contributed by atoms with Crippen LogP contribution in [0.25, 0.3) is 0 Å². The molecule has 188 valence electrons. The van der Waals surface area contributed by atoms with Crippen molar-refractivity contribution in [1.29, 1.82) is 0 Å². The maximum Gasteiger partial charge on any atom is 0.337 e. The molecule has 2 aromatic heterocycles. The van der Waals surface area contributed by atoms with E-state index >= 15 is 0 Å². The number of carbonyl (C=O) groups is 1. The van der Waals surface area contributed by atoms with E-state index in [2.05, 4.69) is 14.8 Å². The van der Waals surface area contributed by atoms with Crippen molar-refractivity contribution >= 4 is 27.5 Å². The van der Waals surface area contributed by atoms with Gasteiger partial charge in [0.2, 0.25) is 0 Å². The van der Waals surface area contributed by atoms with Crippen molar-refractivity contribution in [1.82, 2.24) is 14.8 Å². The first-order valence-corrected chi connectivity index (χ1v) is 13.0. The maximum atomic E-state index is 13.1. The van der Waals surface area contributed by atoms with Gasteiger partial charge in [0.1, 0.15) is 0 Å². The van der Waals surface area contributed by atoms with Gasteiger partial charge in [-0.3, -0.25) is 9.40 Å². The van der Waals surface area contributed by atoms with Gasteiger partial charge < -0.3 is 10.0 Å². The van der Waals surface area contributed by atoms with Gasteiger partial charge in [-0.15, -0.1) is 0 Å². The molecular formula is C25H33N5O4S. The summed E-state index contributed by atoms with van der Waals surface area (Å²) in [5, 5.41) is 14.0. The number of pyridine rings is 1. The van der Waals surface area contributed by atoms with Gasteiger partial charge in [0, 0.05) is 32.0 Å². The second-order valence-corrected chi connectivity index (χ2v) is 10.5. The summed E-state index contributed by atoms with van der Waals surface area (Å²) in [6.07, 6.45) is 1.91. The highest BCUT2D eigenvalue weighted by molar-refractivity contribution is 7.92. The van der Waals surface area contributed by atoms with Gasteiger partial charge in [0.15, 0.2) is 5.82 Å². The minimum atomic E-state index is -3.96. The second kappa shape index (κ2) is 10.5. The molecule has 0 unspecified atom stereocenters. The Kier molecular flexibility index (Phi) is 7.84. The minimum absolute atomic E-state index is 0.0921. The average Bonchev–Trinajstić information content (AvgIpc) is 3.09. The van der Waals surface area contributed by atoms with Crippen LogP contribution in [0.15, 0.2) is 41.4 Å². The highest BCUT2D eigenvalue weighted by Crippen LogP contribution is 2.28. The summed E-state index contributed by atoms with van der Waals surface area (Å²) in [5.74, 6) is -0.574. The Labute approximate surface area is 206 Å². The fourth-order valence-electron chi connectivity index (χ4n) is 3.98. The Balaban J connectivity index is 1.90. The molecule has 35 heavy (non-hydrogen) atoms. The van der Waals surface area contributed by atoms with Crippen LogP contribution in [0, 0.1) is 13.8 Å². The molecule has 0 aliphatic rings. The maximum absolute atomic E-state index is 13.1. The molecule has 0 aliphatic carbocycles. The molecule has 0 fully saturated rings. The molecule has 0 saturated carbocycles. The molecular weight excluding hydrogens is 466 g/mol. The number of nitrogens with zero attached hydrogens (tertiary/aromatic N) is 4. The fourth-order valence-corrected chi connectivity index (χ4v) is 5.03. The van der Waals surface area contributed by atoms with Crippen molar-refractivity contribution in [2.75, 3.05) is 23.2 Å². The van der Waals surface area contributed by atoms with Crippen molar-refractivity contribution in [2.24, 2.45) is 0 Å². The molecule has 0 bridgehead atoms. The molecule has 2 N–H and O–H groups in total. The van der Waals surface area contributed by atoms with Gasteiger partial charge in [0.05, 0.1) is 21.8 Å². The average molecular weight is 500 g/mol. The summed E-state index contributed by atoms with van der Waals surface area (Å²) in [6, 6.07) is 7.95. The zero-order valence-electron chi connectivity index (χ0n) is 21.0. The zero-order valence-corrected chi connectivity index (χ0v) is 21.8. The largest absolute Gasteiger partial charge is 0.478 e. The predicted molar refractivity (Wildman–Crippen MR) is 137 cm³/mol. The van der Waals surface area contributed by atoms with E-state index in [0.717, 1.165) is 29.1 Å². The first-order chi connectivity index (χ1) is 16.4. The highest BCUT2D eigenvalue weighted by Gasteiger charge is 2.21. The van der Waals surface area contributed by atoms with E-state index < -0.39 is 16.0 Å². The number of carboxylic acids is 1. The van der Waals surface area contributed by atoms with Crippen molar-refractivity contribution in [3.8, 4) is 0 Å². The van der Waals surface area contributed by atoms with Crippen LogP contribution in [0.2, 0.25) is 0 Å². The Morgan fingerprint density at radius 2 is 1.86 bits per heavy atom. The lowest BCUT2D eigenvalue weighted by Gasteiger charge is -2.22. The van der Waals surface area contributed by atoms with Crippen molar-refractivity contribution < 1.29 is 18.3 Å². The molecule has 0 saturated heterocycles. The summed E-state index contributed by atoms with van der Waals surface area (Å²) in [7, 11) is -2.16. The van der Waals surface area contributed by atoms with Crippen LogP contribution in [0.1, 0.15) is 59.6 Å². The molecule has 0 aliphatic heterocycles. The fraction of sp³-hybridized carbons (Fsp3) is 0.400. The summed E-state index contributed by atoms with van der Waals surface area (Å²) in [4.78, 5) is 17.7. The summed E-state index contributed by atoms with van der Waals surface area (Å²) in [5.41, 5.74) is 4.21. The van der Waals surface area contributed by atoms with Gasteiger partial charge in [0.25, 0.3) is 10.0 Å². The lowest BCUT2D eigenvalue weighted by molar-refractivity contribution is 0.0696. The number of rotatable bonds is 10. The van der Waals surface area contributed by atoms with Gasteiger partial charge in [-0.1, -0.05) is 26.0 Å². The summed E-state index contributed by atoms with van der Waals surface area (Å²) in [6.45, 7) is 11.4. The lowest BCUT2D eigenvalue weighted by atomic mass is 10.0. The second-order valence-electron chi connectivity index (χ2n) is 8.87. The summed E-state index contributed by atoms with van der Waals surface area (Å²) >= 11 is 0. The van der Waals surface area contributed by atoms with Gasteiger partial charge in [-0.2, -0.15) is 5.10 Å². The van der Waals surface area contributed by atoms with Crippen LogP contribution in [-0.4, -0.2) is 47.9 Å². The van der Waals surface area contributed by atoms with Gasteiger partial charge in [-0.25, -0.2) is 18.2 Å². The molecule has 2 heterocycles. The molecule has 10 heteroatoms. The van der Waals surface area contributed by atoms with Crippen molar-refractivity contribution in [3.63, 3.8) is 0 Å². The lowest BCUT2D eigenvalue weighted by Crippen LogP contribution is -2.25. The molecule has 0 radical (unpaired) electrons. The standard InChI is InChI=1S/C25H33N5O4S/c1-7-30-18(5)22(17(4)27-30)12-13-29(6)24-23(14-20(15-26-24)25(31)32)28-35(33,34)21-10-8-19(9-11-21)16(2)3/h8-11,14-16,28H,7,12-13H2,1-6H3,(H,31,32). The van der Waals surface area contributed by atoms with E-state index in [1.807, 2.05) is 44.2 Å². The van der Waals surface area contributed by atoms with Crippen LogP contribution in [0.3, 0.4) is 0 Å². The quantitative estimate of drug-likeness (QED) is 0.429. The van der Waals surface area contributed by atoms with Crippen LogP contribution in [0.5, 0.6) is 0 Å². The third-order valence-corrected chi connectivity index (χ3v) is 7.49. The normalized spacial score (nSPS) is 11.6. The molecule has 0 atom stereocenters. The number of anilines is 2. The van der Waals surface area contributed by atoms with Gasteiger partial charge >= 0.3 is 5.97 Å². The number of sulfonamides is 1. The van der Waals surface area contributed by atoms with E-state index in [0.29, 0.717) is 18.8 Å². The van der Waals surface area contributed by atoms with E-state index in [-0.39, 0.29) is 22.1 Å². The Hall–Kier alpha value is -3.40. The van der Waals surface area contributed by atoms with Gasteiger partial charge in [-0.05, 0) is 62.4 Å². The molecule has 0 amide bonds. The molecule has 1 aromatic carbocycles. The molecule has 9 nitrogen and oxygen atoms in total. The van der Waals surface area contributed by atoms with E-state index in [1.165, 1.54) is 12.3 Å². The third-order valence-electron chi connectivity index (χ3n) is 6.10. The number of nitrogens with one attached hydrogen (secondary N) is 1. The smallest absolute Gasteiger partial charge is 0.337 e. The number of hydrogen-bond acceptors (Lipinski definition) is 6. The van der Waals surface area contributed by atoms with Crippen LogP contribution < -0.4 is 9.62 Å². The third kappa shape index (κ3) is 5.82. The SMILES string of the molecule is CCn1nc(C)c(CCN(C)c2ncc(C(=O)O)cc2NS(=O)(=O)c2ccc(C(C)C)cc2)c1C. The highest BCUT2D eigenvalue weighted by atomic mass is 32.2. The molecule has 3 aromatic rings. The molecule has 0 spiro atoms. The van der Waals surface area contributed by atoms with E-state index in [4.69, 9.17) is 0 Å². The number of likely N-dealkylation sites (N-methyl/N-ethyl adjacent to an activating group) is 1. The number of carboxylic acid groups (broad SMARTS) is 1. The number of aryl methyl sites for hydroxylation is 2. The first-order valence-electron chi connectivity index (χ1n) is 11.5. The van der Waals surface area contributed by atoms with E-state index in [1.54, 1.807) is 31.3 Å². The summed E-state index contributed by atoms with van der Waals surface area (Å²) < 4.78 is 30.8. The van der Waals surface area contributed by atoms with Crippen LogP contribution >= 0.6 is 0 Å². The number of aromatic nitrogens is 3. The van der Waals surface area contributed by atoms with Crippen molar-refractivity contribution in [3.05, 3.63) is 64.6 Å². The monoisotopic (exact) mass is 499 g/mol. The van der Waals surface area contributed by atoms with E-state index in [9.17, 15) is 18.3 Å². The predicted octanol–water partition coefficient (Wildman–Crippen LogP) is 4.22.